The topological polar surface area (TPSA) is 84.2 Å². The molecule has 0 saturated carbocycles. The Morgan fingerprint density at radius 1 is 1.48 bits per heavy atom. The molecule has 0 aliphatic carbocycles. The molecule has 1 unspecified atom stereocenters. The van der Waals surface area contributed by atoms with Gasteiger partial charge in [0.15, 0.2) is 0 Å². The summed E-state index contributed by atoms with van der Waals surface area (Å²) in [5.41, 5.74) is 1.18. The number of hydrogen-bond acceptors (Lipinski definition) is 6. The molecule has 1 fully saturated rings. The molecular formula is C20H27N3O3S. The van der Waals surface area contributed by atoms with Gasteiger partial charge in [0.1, 0.15) is 11.3 Å². The van der Waals surface area contributed by atoms with E-state index < -0.39 is 5.63 Å². The number of thiazole rings is 1. The maximum atomic E-state index is 12.5. The molecule has 0 radical (unpaired) electrons. The zero-order valence-corrected chi connectivity index (χ0v) is 16.9. The number of amides is 1. The molecule has 1 amide bonds. The molecular weight excluding hydrogens is 362 g/mol. The van der Waals surface area contributed by atoms with Crippen LogP contribution in [0.1, 0.15) is 70.9 Å². The second-order valence-electron chi connectivity index (χ2n) is 7.38. The number of nitrogens with zero attached hydrogens (tertiary/aromatic N) is 1. The quantitative estimate of drug-likeness (QED) is 0.793. The smallest absolute Gasteiger partial charge is 0.349 e. The first-order valence-electron chi connectivity index (χ1n) is 9.53. The zero-order valence-electron chi connectivity index (χ0n) is 16.1. The van der Waals surface area contributed by atoms with E-state index in [2.05, 4.69) is 29.5 Å². The first kappa shape index (κ1) is 19.8. The largest absolute Gasteiger partial charge is 0.427 e. The highest BCUT2D eigenvalue weighted by Gasteiger charge is 2.22. The summed E-state index contributed by atoms with van der Waals surface area (Å²) >= 11 is 1.64. The molecule has 27 heavy (non-hydrogen) atoms. The second kappa shape index (κ2) is 8.80. The van der Waals surface area contributed by atoms with Crippen LogP contribution in [0.3, 0.4) is 0 Å². The molecule has 2 aromatic heterocycles. The third-order valence-corrected chi connectivity index (χ3v) is 6.02. The van der Waals surface area contributed by atoms with Crippen LogP contribution in [0.25, 0.3) is 0 Å². The third kappa shape index (κ3) is 4.84. The van der Waals surface area contributed by atoms with Crippen molar-refractivity contribution < 1.29 is 9.21 Å². The third-order valence-electron chi connectivity index (χ3n) is 4.82. The standard InChI is InChI=1S/C20H27N3O3S/c1-12(2)19-23-15(11-27-19)6-8-22-18(24)17-13(3)9-16(26-20(17)25)14-5-4-7-21-10-14/h9,11-12,14,21H,4-8,10H2,1-3H3,(H,22,24). The van der Waals surface area contributed by atoms with Gasteiger partial charge in [-0.05, 0) is 37.9 Å². The van der Waals surface area contributed by atoms with Gasteiger partial charge in [0.2, 0.25) is 0 Å². The highest BCUT2D eigenvalue weighted by atomic mass is 32.1. The fraction of sp³-hybridized carbons (Fsp3) is 0.550. The van der Waals surface area contributed by atoms with Crippen molar-refractivity contribution in [2.75, 3.05) is 19.6 Å². The SMILES string of the molecule is Cc1cc(C2CCCNC2)oc(=O)c1C(=O)NCCc1csc(C(C)C)n1. The molecule has 0 bridgehead atoms. The monoisotopic (exact) mass is 389 g/mol. The number of aromatic nitrogens is 1. The number of carbonyl (C=O) groups excluding carboxylic acids is 1. The van der Waals surface area contributed by atoms with E-state index >= 15 is 0 Å². The number of aryl methyl sites for hydroxylation is 1. The Hall–Kier alpha value is -1.99. The van der Waals surface area contributed by atoms with E-state index in [1.807, 2.05) is 11.4 Å². The fourth-order valence-corrected chi connectivity index (χ4v) is 4.17. The molecule has 0 aromatic carbocycles. The van der Waals surface area contributed by atoms with E-state index in [9.17, 15) is 9.59 Å². The van der Waals surface area contributed by atoms with Crippen LogP contribution >= 0.6 is 11.3 Å². The van der Waals surface area contributed by atoms with E-state index in [1.165, 1.54) is 0 Å². The van der Waals surface area contributed by atoms with Gasteiger partial charge in [-0.25, -0.2) is 9.78 Å². The van der Waals surface area contributed by atoms with Crippen molar-refractivity contribution in [1.29, 1.82) is 0 Å². The van der Waals surface area contributed by atoms with Gasteiger partial charge >= 0.3 is 5.63 Å². The highest BCUT2D eigenvalue weighted by Crippen LogP contribution is 2.23. The number of rotatable bonds is 6. The van der Waals surface area contributed by atoms with Crippen molar-refractivity contribution in [1.82, 2.24) is 15.6 Å². The lowest BCUT2D eigenvalue weighted by Gasteiger charge is -2.22. The molecule has 2 N–H and O–H groups in total. The van der Waals surface area contributed by atoms with Crippen LogP contribution in [0.2, 0.25) is 0 Å². The molecule has 7 heteroatoms. The van der Waals surface area contributed by atoms with Gasteiger partial charge in [0.05, 0.1) is 10.7 Å². The van der Waals surface area contributed by atoms with Gasteiger partial charge in [-0.3, -0.25) is 4.79 Å². The van der Waals surface area contributed by atoms with E-state index in [4.69, 9.17) is 4.42 Å². The van der Waals surface area contributed by atoms with E-state index in [-0.39, 0.29) is 17.4 Å². The van der Waals surface area contributed by atoms with Crippen molar-refractivity contribution >= 4 is 17.2 Å². The van der Waals surface area contributed by atoms with Gasteiger partial charge in [-0.1, -0.05) is 13.8 Å². The lowest BCUT2D eigenvalue weighted by Crippen LogP contribution is -2.32. The summed E-state index contributed by atoms with van der Waals surface area (Å²) in [6, 6.07) is 1.84. The van der Waals surface area contributed by atoms with Gasteiger partial charge in [0, 0.05) is 36.7 Å². The molecule has 0 spiro atoms. The van der Waals surface area contributed by atoms with Crippen molar-refractivity contribution in [2.45, 2.75) is 51.9 Å². The normalized spacial score (nSPS) is 17.3. The minimum Gasteiger partial charge on any atom is -0.427 e. The lowest BCUT2D eigenvalue weighted by molar-refractivity contribution is 0.0948. The highest BCUT2D eigenvalue weighted by molar-refractivity contribution is 7.09. The molecule has 1 atom stereocenters. The Bertz CT molecular complexity index is 850. The average molecular weight is 390 g/mol. The van der Waals surface area contributed by atoms with Gasteiger partial charge in [-0.15, -0.1) is 11.3 Å². The van der Waals surface area contributed by atoms with Gasteiger partial charge in [-0.2, -0.15) is 0 Å². The Kier molecular flexibility index (Phi) is 6.44. The number of hydrogen-bond donors (Lipinski definition) is 2. The maximum absolute atomic E-state index is 12.5. The Balaban J connectivity index is 1.62. The first-order chi connectivity index (χ1) is 13.0. The molecule has 1 aliphatic heterocycles. The van der Waals surface area contributed by atoms with Crippen LogP contribution in [-0.2, 0) is 6.42 Å². The van der Waals surface area contributed by atoms with E-state index in [0.717, 1.165) is 36.6 Å². The summed E-state index contributed by atoms with van der Waals surface area (Å²) in [6.07, 6.45) is 2.70. The summed E-state index contributed by atoms with van der Waals surface area (Å²) in [7, 11) is 0. The lowest BCUT2D eigenvalue weighted by atomic mass is 9.95. The average Bonchev–Trinajstić information content (AvgIpc) is 3.11. The Morgan fingerprint density at radius 2 is 2.30 bits per heavy atom. The van der Waals surface area contributed by atoms with Crippen LogP contribution < -0.4 is 16.3 Å². The molecule has 1 saturated heterocycles. The van der Waals surface area contributed by atoms with Crippen molar-refractivity contribution in [3.63, 3.8) is 0 Å². The second-order valence-corrected chi connectivity index (χ2v) is 8.26. The fourth-order valence-electron chi connectivity index (χ4n) is 3.30. The predicted octanol–water partition coefficient (Wildman–Crippen LogP) is 2.97. The Labute approximate surface area is 163 Å². The summed E-state index contributed by atoms with van der Waals surface area (Å²) in [5.74, 6) is 0.893. The molecule has 6 nitrogen and oxygen atoms in total. The molecule has 1 aliphatic rings. The number of nitrogens with one attached hydrogen (secondary N) is 2. The summed E-state index contributed by atoms with van der Waals surface area (Å²) < 4.78 is 5.48. The number of piperidine rings is 1. The zero-order chi connectivity index (χ0) is 19.4. The van der Waals surface area contributed by atoms with E-state index in [0.29, 0.717) is 30.2 Å². The minimum atomic E-state index is -0.552. The molecule has 3 rings (SSSR count). The maximum Gasteiger partial charge on any atom is 0.349 e. The summed E-state index contributed by atoms with van der Waals surface area (Å²) in [6.45, 7) is 8.25. The Morgan fingerprint density at radius 3 is 2.93 bits per heavy atom. The predicted molar refractivity (Wildman–Crippen MR) is 107 cm³/mol. The number of carbonyl (C=O) groups is 1. The molecule has 3 heterocycles. The van der Waals surface area contributed by atoms with E-state index in [1.54, 1.807) is 18.3 Å². The summed E-state index contributed by atoms with van der Waals surface area (Å²) in [5, 5.41) is 9.25. The van der Waals surface area contributed by atoms with Crippen molar-refractivity contribution in [3.05, 3.63) is 49.5 Å². The first-order valence-corrected chi connectivity index (χ1v) is 10.4. The van der Waals surface area contributed by atoms with Crippen LogP contribution in [0.15, 0.2) is 20.7 Å². The van der Waals surface area contributed by atoms with Crippen molar-refractivity contribution in [2.24, 2.45) is 0 Å². The van der Waals surface area contributed by atoms with Crippen LogP contribution in [-0.4, -0.2) is 30.5 Å². The van der Waals surface area contributed by atoms with Crippen LogP contribution in [0, 0.1) is 6.92 Å². The van der Waals surface area contributed by atoms with Crippen molar-refractivity contribution in [3.8, 4) is 0 Å². The van der Waals surface area contributed by atoms with Gasteiger partial charge in [0.25, 0.3) is 5.91 Å². The van der Waals surface area contributed by atoms with Gasteiger partial charge < -0.3 is 15.1 Å². The summed E-state index contributed by atoms with van der Waals surface area (Å²) in [4.78, 5) is 29.4. The molecule has 2 aromatic rings. The minimum absolute atomic E-state index is 0.101. The van der Waals surface area contributed by atoms with Crippen LogP contribution in [0.4, 0.5) is 0 Å². The van der Waals surface area contributed by atoms with Crippen LogP contribution in [0.5, 0.6) is 0 Å². The molecule has 146 valence electrons.